The Kier molecular flexibility index (Phi) is 5.40. The number of pyridine rings is 1. The molecule has 2 aromatic rings. The van der Waals surface area contributed by atoms with Crippen molar-refractivity contribution in [2.24, 2.45) is 0 Å². The Balaban J connectivity index is 2.02. The lowest BCUT2D eigenvalue weighted by molar-refractivity contribution is 0.146. The normalized spacial score (nSPS) is 10.4. The first-order valence-corrected chi connectivity index (χ1v) is 6.79. The molecule has 1 heterocycles. The van der Waals surface area contributed by atoms with E-state index < -0.39 is 0 Å². The first-order valence-electron chi connectivity index (χ1n) is 6.79. The maximum atomic E-state index is 9.22. The largest absolute Gasteiger partial charge is 0.506 e. The number of nitrogens with one attached hydrogen (secondary N) is 1. The van der Waals surface area contributed by atoms with Gasteiger partial charge in [-0.1, -0.05) is 6.07 Å². The van der Waals surface area contributed by atoms with Crippen molar-refractivity contribution in [3.63, 3.8) is 0 Å². The lowest BCUT2D eigenvalue weighted by Crippen LogP contribution is -2.08. The Morgan fingerprint density at radius 1 is 1.19 bits per heavy atom. The minimum absolute atomic E-state index is 0.165. The highest BCUT2D eigenvalue weighted by Crippen LogP contribution is 2.26. The van der Waals surface area contributed by atoms with Gasteiger partial charge in [0.15, 0.2) is 0 Å². The molecule has 0 aliphatic heterocycles. The van der Waals surface area contributed by atoms with Gasteiger partial charge in [-0.05, 0) is 36.8 Å². The molecular weight excluding hydrogens is 268 g/mol. The van der Waals surface area contributed by atoms with Crippen LogP contribution in [0.4, 0.5) is 5.69 Å². The third-order valence-electron chi connectivity index (χ3n) is 2.95. The summed E-state index contributed by atoms with van der Waals surface area (Å²) < 4.78 is 10.7. The molecule has 5 heteroatoms. The predicted octanol–water partition coefficient (Wildman–Crippen LogP) is 2.73. The standard InChI is InChI=1S/C16H20N2O3/c1-12-3-6-15(16(9-12)21-8-7-20-2)18-10-13-4-5-14(19)11-17-13/h3-6,9,11,18-19H,7-8,10H2,1-2H3. The molecule has 0 fully saturated rings. The molecule has 5 nitrogen and oxygen atoms in total. The van der Waals surface area contributed by atoms with Gasteiger partial charge in [-0.2, -0.15) is 0 Å². The highest BCUT2D eigenvalue weighted by atomic mass is 16.5. The van der Waals surface area contributed by atoms with Crippen LogP contribution in [0.5, 0.6) is 11.5 Å². The molecular formula is C16H20N2O3. The molecule has 0 atom stereocenters. The lowest BCUT2D eigenvalue weighted by Gasteiger charge is -2.14. The highest BCUT2D eigenvalue weighted by Gasteiger charge is 2.05. The maximum Gasteiger partial charge on any atom is 0.142 e. The van der Waals surface area contributed by atoms with E-state index in [1.54, 1.807) is 19.2 Å². The van der Waals surface area contributed by atoms with Gasteiger partial charge < -0.3 is 19.9 Å². The Morgan fingerprint density at radius 2 is 2.05 bits per heavy atom. The second-order valence-electron chi connectivity index (χ2n) is 4.70. The second kappa shape index (κ2) is 7.50. The fraction of sp³-hybridized carbons (Fsp3) is 0.312. The molecule has 0 unspecified atom stereocenters. The van der Waals surface area contributed by atoms with Gasteiger partial charge in [-0.15, -0.1) is 0 Å². The number of benzene rings is 1. The Labute approximate surface area is 124 Å². The summed E-state index contributed by atoms with van der Waals surface area (Å²) in [5.41, 5.74) is 2.89. The second-order valence-corrected chi connectivity index (χ2v) is 4.70. The summed E-state index contributed by atoms with van der Waals surface area (Å²) in [6.07, 6.45) is 1.43. The van der Waals surface area contributed by atoms with Crippen molar-refractivity contribution in [1.82, 2.24) is 4.98 Å². The minimum Gasteiger partial charge on any atom is -0.506 e. The van der Waals surface area contributed by atoms with E-state index in [4.69, 9.17) is 9.47 Å². The van der Waals surface area contributed by atoms with Crippen LogP contribution in [-0.4, -0.2) is 30.4 Å². The number of aromatic hydroxyl groups is 1. The topological polar surface area (TPSA) is 63.6 Å². The number of rotatable bonds is 7. The van der Waals surface area contributed by atoms with Crippen molar-refractivity contribution in [1.29, 1.82) is 0 Å². The smallest absolute Gasteiger partial charge is 0.142 e. The number of aromatic nitrogens is 1. The zero-order valence-electron chi connectivity index (χ0n) is 12.3. The molecule has 1 aromatic heterocycles. The molecule has 112 valence electrons. The Morgan fingerprint density at radius 3 is 2.76 bits per heavy atom. The molecule has 0 bridgehead atoms. The van der Waals surface area contributed by atoms with E-state index in [2.05, 4.69) is 10.3 Å². The van der Waals surface area contributed by atoms with Crippen molar-refractivity contribution in [3.8, 4) is 11.5 Å². The Bertz CT molecular complexity index is 570. The average Bonchev–Trinajstić information content (AvgIpc) is 2.48. The molecule has 21 heavy (non-hydrogen) atoms. The highest BCUT2D eigenvalue weighted by molar-refractivity contribution is 5.57. The summed E-state index contributed by atoms with van der Waals surface area (Å²) in [6, 6.07) is 9.40. The molecule has 0 saturated heterocycles. The first-order chi connectivity index (χ1) is 10.2. The zero-order valence-corrected chi connectivity index (χ0v) is 12.3. The van der Waals surface area contributed by atoms with Crippen LogP contribution in [0.25, 0.3) is 0 Å². The van der Waals surface area contributed by atoms with E-state index in [0.29, 0.717) is 19.8 Å². The predicted molar refractivity (Wildman–Crippen MR) is 81.8 cm³/mol. The SMILES string of the molecule is COCCOc1cc(C)ccc1NCc1ccc(O)cn1. The van der Waals surface area contributed by atoms with E-state index in [-0.39, 0.29) is 5.75 Å². The van der Waals surface area contributed by atoms with E-state index >= 15 is 0 Å². The number of nitrogens with zero attached hydrogens (tertiary/aromatic N) is 1. The lowest BCUT2D eigenvalue weighted by atomic mass is 10.2. The van der Waals surface area contributed by atoms with Gasteiger partial charge in [0.1, 0.15) is 18.1 Å². The molecule has 2 rings (SSSR count). The Hall–Kier alpha value is -2.27. The first kappa shape index (κ1) is 15.1. The van der Waals surface area contributed by atoms with Gasteiger partial charge in [0.25, 0.3) is 0 Å². The van der Waals surface area contributed by atoms with Gasteiger partial charge in [0, 0.05) is 7.11 Å². The van der Waals surface area contributed by atoms with Crippen molar-refractivity contribution in [2.75, 3.05) is 25.6 Å². The van der Waals surface area contributed by atoms with Crippen LogP contribution in [0, 0.1) is 6.92 Å². The molecule has 0 aliphatic carbocycles. The molecule has 0 saturated carbocycles. The third-order valence-corrected chi connectivity index (χ3v) is 2.95. The third kappa shape index (κ3) is 4.65. The van der Waals surface area contributed by atoms with Crippen LogP contribution in [0.1, 0.15) is 11.3 Å². The maximum absolute atomic E-state index is 9.22. The number of ether oxygens (including phenoxy) is 2. The fourth-order valence-corrected chi connectivity index (χ4v) is 1.84. The van der Waals surface area contributed by atoms with Crippen molar-refractivity contribution in [2.45, 2.75) is 13.5 Å². The summed E-state index contributed by atoms with van der Waals surface area (Å²) in [5.74, 6) is 0.962. The number of hydrogen-bond donors (Lipinski definition) is 2. The molecule has 0 amide bonds. The summed E-state index contributed by atoms with van der Waals surface area (Å²) in [6.45, 7) is 3.64. The van der Waals surface area contributed by atoms with Gasteiger partial charge in [0.05, 0.1) is 30.7 Å². The summed E-state index contributed by atoms with van der Waals surface area (Å²) in [4.78, 5) is 4.14. The van der Waals surface area contributed by atoms with E-state index in [1.807, 2.05) is 25.1 Å². The number of aryl methyl sites for hydroxylation is 1. The molecule has 0 aliphatic rings. The summed E-state index contributed by atoms with van der Waals surface area (Å²) >= 11 is 0. The van der Waals surface area contributed by atoms with E-state index in [1.165, 1.54) is 6.20 Å². The van der Waals surface area contributed by atoms with Gasteiger partial charge in [-0.25, -0.2) is 0 Å². The fourth-order valence-electron chi connectivity index (χ4n) is 1.84. The van der Waals surface area contributed by atoms with Gasteiger partial charge in [-0.3, -0.25) is 4.98 Å². The van der Waals surface area contributed by atoms with Crippen LogP contribution < -0.4 is 10.1 Å². The summed E-state index contributed by atoms with van der Waals surface area (Å²) in [5, 5.41) is 12.5. The van der Waals surface area contributed by atoms with E-state index in [0.717, 1.165) is 22.7 Å². The summed E-state index contributed by atoms with van der Waals surface area (Å²) in [7, 11) is 1.65. The quantitative estimate of drug-likeness (QED) is 0.767. The van der Waals surface area contributed by atoms with Gasteiger partial charge >= 0.3 is 0 Å². The zero-order chi connectivity index (χ0) is 15.1. The molecule has 0 spiro atoms. The molecule has 1 aromatic carbocycles. The van der Waals surface area contributed by atoms with Gasteiger partial charge in [0.2, 0.25) is 0 Å². The van der Waals surface area contributed by atoms with Crippen LogP contribution in [0.15, 0.2) is 36.5 Å². The van der Waals surface area contributed by atoms with Crippen molar-refractivity contribution in [3.05, 3.63) is 47.8 Å². The average molecular weight is 288 g/mol. The number of methoxy groups -OCH3 is 1. The van der Waals surface area contributed by atoms with Crippen molar-refractivity contribution >= 4 is 5.69 Å². The van der Waals surface area contributed by atoms with Crippen molar-refractivity contribution < 1.29 is 14.6 Å². The molecule has 0 radical (unpaired) electrons. The van der Waals surface area contributed by atoms with Crippen LogP contribution in [0.2, 0.25) is 0 Å². The van der Waals surface area contributed by atoms with Crippen LogP contribution in [-0.2, 0) is 11.3 Å². The van der Waals surface area contributed by atoms with E-state index in [9.17, 15) is 5.11 Å². The number of hydrogen-bond acceptors (Lipinski definition) is 5. The molecule has 2 N–H and O–H groups in total. The van der Waals surface area contributed by atoms with Crippen LogP contribution in [0.3, 0.4) is 0 Å². The van der Waals surface area contributed by atoms with Crippen LogP contribution >= 0.6 is 0 Å². The number of anilines is 1. The minimum atomic E-state index is 0.165. The monoisotopic (exact) mass is 288 g/mol.